The first-order valence-electron chi connectivity index (χ1n) is 13.0. The molecule has 2 fully saturated rings. The Bertz CT molecular complexity index is 1210. The Morgan fingerprint density at radius 2 is 1.67 bits per heavy atom. The van der Waals surface area contributed by atoms with Crippen LogP contribution in [0.1, 0.15) is 42.4 Å². The predicted molar refractivity (Wildman–Crippen MR) is 146 cm³/mol. The molecule has 2 N–H and O–H groups in total. The molecule has 36 heavy (non-hydrogen) atoms. The maximum Gasteiger partial charge on any atom is 0.231 e. The van der Waals surface area contributed by atoms with Crippen molar-refractivity contribution in [2.75, 3.05) is 13.3 Å². The van der Waals surface area contributed by atoms with Crippen LogP contribution < -0.4 is 20.1 Å². The maximum atomic E-state index is 5.76. The fraction of sp³-hybridized carbons (Fsp3) is 0.367. The average molecular weight is 500 g/mol. The average Bonchev–Trinajstić information content (AvgIpc) is 3.54. The van der Waals surface area contributed by atoms with Gasteiger partial charge in [0.05, 0.1) is 0 Å². The van der Waals surface area contributed by atoms with Gasteiger partial charge < -0.3 is 20.1 Å². The zero-order valence-corrected chi connectivity index (χ0v) is 21.3. The highest BCUT2D eigenvalue weighted by Gasteiger charge is 2.51. The molecule has 0 unspecified atom stereocenters. The van der Waals surface area contributed by atoms with Crippen molar-refractivity contribution in [3.63, 3.8) is 0 Å². The highest BCUT2D eigenvalue weighted by Crippen LogP contribution is 2.51. The van der Waals surface area contributed by atoms with Crippen LogP contribution in [0.5, 0.6) is 11.5 Å². The van der Waals surface area contributed by atoms with E-state index >= 15 is 0 Å². The van der Waals surface area contributed by atoms with Gasteiger partial charge in [-0.2, -0.15) is 0 Å². The lowest BCUT2D eigenvalue weighted by Crippen LogP contribution is -2.53. The van der Waals surface area contributed by atoms with Crippen LogP contribution in [0.15, 0.2) is 78.9 Å². The van der Waals surface area contributed by atoms with Gasteiger partial charge in [-0.3, -0.25) is 4.90 Å². The van der Waals surface area contributed by atoms with Crippen molar-refractivity contribution >= 4 is 17.3 Å². The smallest absolute Gasteiger partial charge is 0.231 e. The second-order valence-electron chi connectivity index (χ2n) is 10.2. The van der Waals surface area contributed by atoms with E-state index in [0.717, 1.165) is 61.9 Å². The monoisotopic (exact) mass is 499 g/mol. The molecule has 3 aromatic carbocycles. The standard InChI is InChI=1S/C30H33N3O2S/c36-29(31-19-22-7-3-1-4-8-22)32-25-13-14-30(24-11-12-26-27(17-24)35-21-34-26)15-16-33(28(30)18-25)20-23-9-5-2-6-10-23/h1-12,17,25,28H,13-16,18-21H2,(H2,31,32,36)/t25-,28-,30+/m1/s1. The van der Waals surface area contributed by atoms with E-state index in [2.05, 4.69) is 88.3 Å². The highest BCUT2D eigenvalue weighted by molar-refractivity contribution is 7.80. The first-order valence-corrected chi connectivity index (χ1v) is 13.4. The van der Waals surface area contributed by atoms with Crippen molar-refractivity contribution in [3.8, 4) is 11.5 Å². The second kappa shape index (κ2) is 10.1. The molecule has 0 bridgehead atoms. The zero-order chi connectivity index (χ0) is 24.4. The topological polar surface area (TPSA) is 45.8 Å². The molecular weight excluding hydrogens is 466 g/mol. The van der Waals surface area contributed by atoms with Crippen LogP contribution >= 0.6 is 12.2 Å². The molecule has 2 aliphatic heterocycles. The molecule has 0 amide bonds. The summed E-state index contributed by atoms with van der Waals surface area (Å²) in [5.41, 5.74) is 4.11. The summed E-state index contributed by atoms with van der Waals surface area (Å²) in [5.74, 6) is 1.74. The van der Waals surface area contributed by atoms with E-state index in [0.29, 0.717) is 18.9 Å². The van der Waals surface area contributed by atoms with Crippen LogP contribution in [0.3, 0.4) is 0 Å². The maximum absolute atomic E-state index is 5.76. The number of hydrogen-bond acceptors (Lipinski definition) is 4. The summed E-state index contributed by atoms with van der Waals surface area (Å²) in [7, 11) is 0. The number of hydrogen-bond donors (Lipinski definition) is 2. The molecule has 5 nitrogen and oxygen atoms in total. The van der Waals surface area contributed by atoms with E-state index < -0.39 is 0 Å². The Morgan fingerprint density at radius 3 is 2.47 bits per heavy atom. The van der Waals surface area contributed by atoms with Gasteiger partial charge >= 0.3 is 0 Å². The molecule has 6 heteroatoms. The third-order valence-corrected chi connectivity index (χ3v) is 8.44. The molecule has 0 aromatic heterocycles. The lowest BCUT2D eigenvalue weighted by atomic mass is 9.65. The van der Waals surface area contributed by atoms with Gasteiger partial charge in [-0.1, -0.05) is 66.7 Å². The van der Waals surface area contributed by atoms with Gasteiger partial charge in [-0.15, -0.1) is 0 Å². The molecule has 186 valence electrons. The quantitative estimate of drug-likeness (QED) is 0.458. The largest absolute Gasteiger partial charge is 0.454 e. The second-order valence-corrected chi connectivity index (χ2v) is 10.6. The number of ether oxygens (including phenoxy) is 2. The lowest BCUT2D eigenvalue weighted by molar-refractivity contribution is 0.134. The SMILES string of the molecule is S=C(NCc1ccccc1)N[C@@H]1CC[C@@]2(c3ccc4c(c3)OCO4)CCN(Cc3ccccc3)[C@@H]2C1. The first kappa shape index (κ1) is 23.3. The van der Waals surface area contributed by atoms with Crippen LogP contribution in [-0.2, 0) is 18.5 Å². The van der Waals surface area contributed by atoms with Gasteiger partial charge in [-0.25, -0.2) is 0 Å². The fourth-order valence-electron chi connectivity index (χ4n) is 6.34. The van der Waals surface area contributed by atoms with E-state index in [1.807, 2.05) is 6.07 Å². The van der Waals surface area contributed by atoms with Crippen molar-refractivity contribution < 1.29 is 9.47 Å². The fourth-order valence-corrected chi connectivity index (χ4v) is 6.58. The minimum atomic E-state index is 0.118. The number of nitrogens with one attached hydrogen (secondary N) is 2. The number of rotatable bonds is 6. The molecule has 1 saturated heterocycles. The van der Waals surface area contributed by atoms with E-state index in [1.165, 1.54) is 16.7 Å². The van der Waals surface area contributed by atoms with E-state index in [-0.39, 0.29) is 5.41 Å². The summed E-state index contributed by atoms with van der Waals surface area (Å²) in [6.07, 6.45) is 4.45. The lowest BCUT2D eigenvalue weighted by Gasteiger charge is -2.45. The molecule has 3 atom stereocenters. The third kappa shape index (κ3) is 4.67. The van der Waals surface area contributed by atoms with Gasteiger partial charge in [0, 0.05) is 30.6 Å². The summed E-state index contributed by atoms with van der Waals surface area (Å²) in [6.45, 7) is 3.12. The molecule has 1 saturated carbocycles. The van der Waals surface area contributed by atoms with Crippen molar-refractivity contribution in [3.05, 3.63) is 95.6 Å². The van der Waals surface area contributed by atoms with Crippen molar-refractivity contribution in [2.45, 2.75) is 56.3 Å². The summed E-state index contributed by atoms with van der Waals surface area (Å²) in [5, 5.41) is 7.79. The first-order chi connectivity index (χ1) is 17.7. The van der Waals surface area contributed by atoms with Gasteiger partial charge in [0.25, 0.3) is 0 Å². The Kier molecular flexibility index (Phi) is 6.55. The molecule has 0 spiro atoms. The minimum absolute atomic E-state index is 0.118. The molecule has 6 rings (SSSR count). The number of likely N-dealkylation sites (tertiary alicyclic amines) is 1. The van der Waals surface area contributed by atoms with Gasteiger partial charge in [0.15, 0.2) is 16.6 Å². The van der Waals surface area contributed by atoms with Gasteiger partial charge in [0.1, 0.15) is 0 Å². The van der Waals surface area contributed by atoms with Crippen LogP contribution in [0.4, 0.5) is 0 Å². The normalized spacial score (nSPS) is 24.8. The Morgan fingerprint density at radius 1 is 0.917 bits per heavy atom. The van der Waals surface area contributed by atoms with E-state index in [1.54, 1.807) is 0 Å². The molecular formula is C30H33N3O2S. The Labute approximate surface area is 218 Å². The number of benzene rings is 3. The molecule has 2 heterocycles. The summed E-state index contributed by atoms with van der Waals surface area (Å²) >= 11 is 5.70. The molecule has 3 aromatic rings. The highest BCUT2D eigenvalue weighted by atomic mass is 32.1. The van der Waals surface area contributed by atoms with E-state index in [4.69, 9.17) is 21.7 Å². The van der Waals surface area contributed by atoms with Crippen molar-refractivity contribution in [2.24, 2.45) is 0 Å². The van der Waals surface area contributed by atoms with E-state index in [9.17, 15) is 0 Å². The molecule has 0 radical (unpaired) electrons. The zero-order valence-electron chi connectivity index (χ0n) is 20.5. The van der Waals surface area contributed by atoms with Crippen molar-refractivity contribution in [1.82, 2.24) is 15.5 Å². The molecule has 3 aliphatic rings. The summed E-state index contributed by atoms with van der Waals surface area (Å²) in [6, 6.07) is 28.6. The van der Waals surface area contributed by atoms with Crippen LogP contribution in [0.2, 0.25) is 0 Å². The number of nitrogens with zero attached hydrogens (tertiary/aromatic N) is 1. The third-order valence-electron chi connectivity index (χ3n) is 8.18. The van der Waals surface area contributed by atoms with Crippen LogP contribution in [0, 0.1) is 0 Å². The van der Waals surface area contributed by atoms with Crippen molar-refractivity contribution in [1.29, 1.82) is 0 Å². The van der Waals surface area contributed by atoms with Gasteiger partial charge in [-0.05, 0) is 73.3 Å². The van der Waals surface area contributed by atoms with Gasteiger partial charge in [0.2, 0.25) is 6.79 Å². The van der Waals surface area contributed by atoms with Crippen LogP contribution in [0.25, 0.3) is 0 Å². The minimum Gasteiger partial charge on any atom is -0.454 e. The predicted octanol–water partition coefficient (Wildman–Crippen LogP) is 5.14. The number of fused-ring (bicyclic) bond motifs is 2. The number of thiocarbonyl (C=S) groups is 1. The summed E-state index contributed by atoms with van der Waals surface area (Å²) < 4.78 is 11.4. The Balaban J connectivity index is 1.20. The van der Waals surface area contributed by atoms with Crippen LogP contribution in [-0.4, -0.2) is 35.4 Å². The molecule has 1 aliphatic carbocycles. The summed E-state index contributed by atoms with van der Waals surface area (Å²) in [4.78, 5) is 2.69. The Hall–Kier alpha value is -3.09.